The Labute approximate surface area is 231 Å². The smallest absolute Gasteiger partial charge is 0.314 e. The van der Waals surface area contributed by atoms with Gasteiger partial charge in [0.25, 0.3) is 5.56 Å². The van der Waals surface area contributed by atoms with E-state index >= 15 is 0 Å². The molecule has 0 fully saturated rings. The van der Waals surface area contributed by atoms with Gasteiger partial charge in [-0.05, 0) is 80.3 Å². The van der Waals surface area contributed by atoms with Crippen LogP contribution in [0.1, 0.15) is 61.7 Å². The van der Waals surface area contributed by atoms with Gasteiger partial charge >= 0.3 is 12.2 Å². The summed E-state index contributed by atoms with van der Waals surface area (Å²) in [5, 5.41) is 3.10. The molecule has 1 N–H and O–H groups in total. The van der Waals surface area contributed by atoms with Crippen LogP contribution in [0.3, 0.4) is 0 Å². The number of aromatic nitrogens is 2. The Bertz CT molecular complexity index is 1580. The fraction of sp³-hybridized carbons (Fsp3) is 0.323. The minimum atomic E-state index is -4.54. The average Bonchev–Trinajstić information content (AvgIpc) is 2.92. The highest BCUT2D eigenvalue weighted by atomic mass is 19.4. The van der Waals surface area contributed by atoms with E-state index in [1.807, 2.05) is 45.9 Å². The molecule has 0 aliphatic heterocycles. The van der Waals surface area contributed by atoms with E-state index in [1.165, 1.54) is 12.1 Å². The summed E-state index contributed by atoms with van der Waals surface area (Å²) in [5.74, 6) is 0.393. The zero-order chi connectivity index (χ0) is 29.0. The molecule has 0 aliphatic rings. The molecule has 0 spiro atoms. The van der Waals surface area contributed by atoms with Gasteiger partial charge in [0, 0.05) is 12.2 Å². The van der Waals surface area contributed by atoms with Crippen LogP contribution in [0.15, 0.2) is 71.5 Å². The van der Waals surface area contributed by atoms with Crippen molar-refractivity contribution in [2.24, 2.45) is 0 Å². The zero-order valence-corrected chi connectivity index (χ0v) is 23.0. The lowest BCUT2D eigenvalue weighted by atomic mass is 10.1. The fourth-order valence-electron chi connectivity index (χ4n) is 4.73. The van der Waals surface area contributed by atoms with E-state index in [0.29, 0.717) is 41.8 Å². The van der Waals surface area contributed by atoms with E-state index in [-0.39, 0.29) is 11.2 Å². The number of unbranched alkanes of at least 4 members (excludes halogenated alkanes) is 1. The maximum atomic E-state index is 13.9. The number of nitrogens with zero attached hydrogens (tertiary/aromatic N) is 3. The van der Waals surface area contributed by atoms with E-state index in [4.69, 9.17) is 4.98 Å². The molecular weight excluding hydrogens is 517 g/mol. The molecule has 4 aromatic rings. The molecule has 40 heavy (non-hydrogen) atoms. The number of aryl methyl sites for hydroxylation is 2. The summed E-state index contributed by atoms with van der Waals surface area (Å²) in [6.07, 6.45) is -2.66. The molecule has 0 saturated carbocycles. The number of benzene rings is 3. The molecule has 1 heterocycles. The SMILES string of the molecule is CCCCN(C(=O)Nc1cccc(C(F)(F)F)c1)C(CC)c1nc2ccccc2c(=O)n1-c1ccc(C)c(C)c1. The van der Waals surface area contributed by atoms with Crippen molar-refractivity contribution in [1.82, 2.24) is 14.5 Å². The Morgan fingerprint density at radius 2 is 1.75 bits per heavy atom. The van der Waals surface area contributed by atoms with Gasteiger partial charge in [0.1, 0.15) is 5.82 Å². The van der Waals surface area contributed by atoms with Crippen LogP contribution in [0.4, 0.5) is 23.7 Å². The fourth-order valence-corrected chi connectivity index (χ4v) is 4.73. The van der Waals surface area contributed by atoms with Crippen molar-refractivity contribution in [2.45, 2.75) is 59.2 Å². The van der Waals surface area contributed by atoms with Crippen LogP contribution < -0.4 is 10.9 Å². The maximum Gasteiger partial charge on any atom is 0.416 e. The number of urea groups is 1. The molecule has 6 nitrogen and oxygen atoms in total. The van der Waals surface area contributed by atoms with Crippen molar-refractivity contribution >= 4 is 22.6 Å². The third-order valence-corrected chi connectivity index (χ3v) is 7.07. The van der Waals surface area contributed by atoms with Gasteiger partial charge in [-0.15, -0.1) is 0 Å². The highest BCUT2D eigenvalue weighted by Crippen LogP contribution is 2.32. The Balaban J connectivity index is 1.85. The number of nitrogens with one attached hydrogen (secondary N) is 1. The molecule has 1 unspecified atom stereocenters. The second kappa shape index (κ2) is 11.9. The predicted octanol–water partition coefficient (Wildman–Crippen LogP) is 7.81. The molecule has 2 amide bonds. The second-order valence-electron chi connectivity index (χ2n) is 9.88. The minimum absolute atomic E-state index is 0.0363. The Morgan fingerprint density at radius 3 is 2.42 bits per heavy atom. The van der Waals surface area contributed by atoms with E-state index < -0.39 is 23.8 Å². The van der Waals surface area contributed by atoms with Gasteiger partial charge in [0.15, 0.2) is 0 Å². The first-order chi connectivity index (χ1) is 19.0. The number of alkyl halides is 3. The van der Waals surface area contributed by atoms with Crippen molar-refractivity contribution in [3.63, 3.8) is 0 Å². The van der Waals surface area contributed by atoms with Crippen molar-refractivity contribution < 1.29 is 18.0 Å². The quantitative estimate of drug-likeness (QED) is 0.243. The number of para-hydroxylation sites is 1. The first-order valence-corrected chi connectivity index (χ1v) is 13.4. The molecule has 4 rings (SSSR count). The molecule has 210 valence electrons. The molecule has 0 aliphatic carbocycles. The van der Waals surface area contributed by atoms with Crippen LogP contribution in [0.2, 0.25) is 0 Å². The summed E-state index contributed by atoms with van der Waals surface area (Å²) in [6, 6.07) is 16.1. The third-order valence-electron chi connectivity index (χ3n) is 7.07. The average molecular weight is 551 g/mol. The zero-order valence-electron chi connectivity index (χ0n) is 23.0. The standard InChI is InChI=1S/C31H33F3N4O2/c1-5-7-17-37(30(40)35-23-12-10-11-22(19-23)31(32,33)34)27(6-2)28-36-26-14-9-8-13-25(26)29(39)38(28)24-16-15-20(3)21(4)18-24/h8-16,18-19,27H,5-7,17H2,1-4H3,(H,35,40). The van der Waals surface area contributed by atoms with Gasteiger partial charge < -0.3 is 10.2 Å². The number of halogens is 3. The van der Waals surface area contributed by atoms with Crippen LogP contribution in [0, 0.1) is 13.8 Å². The van der Waals surface area contributed by atoms with Crippen LogP contribution in [0.25, 0.3) is 16.6 Å². The minimum Gasteiger partial charge on any atom is -0.314 e. The molecule has 0 radical (unpaired) electrons. The Kier molecular flexibility index (Phi) is 8.61. The van der Waals surface area contributed by atoms with E-state index in [0.717, 1.165) is 29.7 Å². The highest BCUT2D eigenvalue weighted by molar-refractivity contribution is 5.89. The molecule has 1 atom stereocenters. The van der Waals surface area contributed by atoms with Crippen molar-refractivity contribution in [3.05, 3.63) is 99.6 Å². The van der Waals surface area contributed by atoms with Gasteiger partial charge in [-0.1, -0.05) is 44.5 Å². The number of rotatable bonds is 8. The molecule has 1 aromatic heterocycles. The Morgan fingerprint density at radius 1 is 1.00 bits per heavy atom. The van der Waals surface area contributed by atoms with Crippen molar-refractivity contribution in [1.29, 1.82) is 0 Å². The normalized spacial score (nSPS) is 12.4. The summed E-state index contributed by atoms with van der Waals surface area (Å²) in [5.41, 5.74) is 2.15. The number of anilines is 1. The number of amides is 2. The molecule has 0 saturated heterocycles. The second-order valence-corrected chi connectivity index (χ2v) is 9.88. The topological polar surface area (TPSA) is 67.2 Å². The monoisotopic (exact) mass is 550 g/mol. The first-order valence-electron chi connectivity index (χ1n) is 13.4. The maximum absolute atomic E-state index is 13.9. The van der Waals surface area contributed by atoms with Crippen LogP contribution in [-0.2, 0) is 6.18 Å². The molecule has 0 bridgehead atoms. The summed E-state index contributed by atoms with van der Waals surface area (Å²) >= 11 is 0. The van der Waals surface area contributed by atoms with Crippen molar-refractivity contribution in [2.75, 3.05) is 11.9 Å². The Hall–Kier alpha value is -4.14. The number of fused-ring (bicyclic) bond motifs is 1. The first kappa shape index (κ1) is 28.9. The number of carbonyl (C=O) groups is 1. The van der Waals surface area contributed by atoms with Gasteiger partial charge in [-0.3, -0.25) is 9.36 Å². The predicted molar refractivity (Wildman–Crippen MR) is 152 cm³/mol. The van der Waals surface area contributed by atoms with E-state index in [1.54, 1.807) is 33.7 Å². The van der Waals surface area contributed by atoms with Crippen LogP contribution in [0.5, 0.6) is 0 Å². The number of carbonyl (C=O) groups excluding carboxylic acids is 1. The largest absolute Gasteiger partial charge is 0.416 e. The number of hydrogen-bond acceptors (Lipinski definition) is 3. The van der Waals surface area contributed by atoms with Crippen molar-refractivity contribution in [3.8, 4) is 5.69 Å². The molecule has 3 aromatic carbocycles. The van der Waals surface area contributed by atoms with Crippen LogP contribution >= 0.6 is 0 Å². The third kappa shape index (κ3) is 6.03. The van der Waals surface area contributed by atoms with E-state index in [9.17, 15) is 22.8 Å². The summed E-state index contributed by atoms with van der Waals surface area (Å²) < 4.78 is 41.4. The van der Waals surface area contributed by atoms with E-state index in [2.05, 4.69) is 5.32 Å². The lowest BCUT2D eigenvalue weighted by molar-refractivity contribution is -0.137. The lowest BCUT2D eigenvalue weighted by Crippen LogP contribution is -2.41. The van der Waals surface area contributed by atoms with Gasteiger partial charge in [0.2, 0.25) is 0 Å². The summed E-state index contributed by atoms with van der Waals surface area (Å²) in [4.78, 5) is 34.0. The van der Waals surface area contributed by atoms with Gasteiger partial charge in [-0.2, -0.15) is 13.2 Å². The molecule has 9 heteroatoms. The summed E-state index contributed by atoms with van der Waals surface area (Å²) in [7, 11) is 0. The molecular formula is C31H33F3N4O2. The van der Waals surface area contributed by atoms with Crippen LogP contribution in [-0.4, -0.2) is 27.0 Å². The lowest BCUT2D eigenvalue weighted by Gasteiger charge is -2.32. The van der Waals surface area contributed by atoms with Gasteiger partial charge in [-0.25, -0.2) is 9.78 Å². The number of hydrogen-bond donors (Lipinski definition) is 1. The van der Waals surface area contributed by atoms with Gasteiger partial charge in [0.05, 0.1) is 28.2 Å². The summed E-state index contributed by atoms with van der Waals surface area (Å²) in [6.45, 7) is 8.16. The highest BCUT2D eigenvalue weighted by Gasteiger charge is 2.32.